The van der Waals surface area contributed by atoms with Crippen molar-refractivity contribution in [3.05, 3.63) is 11.6 Å². The third-order valence-electron chi connectivity index (χ3n) is 10.8. The Morgan fingerprint density at radius 3 is 2.52 bits per heavy atom. The maximum Gasteiger partial charge on any atom is 0.155 e. The van der Waals surface area contributed by atoms with Crippen molar-refractivity contribution in [3.63, 3.8) is 0 Å². The molecule has 5 rings (SSSR count). The van der Waals surface area contributed by atoms with E-state index < -0.39 is 0 Å². The highest BCUT2D eigenvalue weighted by Crippen LogP contribution is 2.67. The second-order valence-corrected chi connectivity index (χ2v) is 12.5. The quantitative estimate of drug-likeness (QED) is 0.491. The van der Waals surface area contributed by atoms with Crippen molar-refractivity contribution < 1.29 is 9.53 Å². The maximum atomic E-state index is 12.0. The highest BCUT2D eigenvalue weighted by atomic mass is 16.6. The molecule has 1 saturated heterocycles. The van der Waals surface area contributed by atoms with Crippen molar-refractivity contribution in [2.75, 3.05) is 0 Å². The van der Waals surface area contributed by atoms with Crippen LogP contribution in [0.1, 0.15) is 98.8 Å². The number of ether oxygens (including phenoxy) is 1. The minimum absolute atomic E-state index is 0.143. The van der Waals surface area contributed by atoms with Gasteiger partial charge < -0.3 is 4.74 Å². The first kappa shape index (κ1) is 20.3. The molecule has 0 aromatic rings. The zero-order valence-electron chi connectivity index (χ0n) is 19.4. The Morgan fingerprint density at radius 1 is 1.03 bits per heavy atom. The summed E-state index contributed by atoms with van der Waals surface area (Å²) in [5, 5.41) is 0. The van der Waals surface area contributed by atoms with Crippen LogP contribution in [0.25, 0.3) is 0 Å². The monoisotopic (exact) mass is 398 g/mol. The van der Waals surface area contributed by atoms with E-state index in [4.69, 9.17) is 4.74 Å². The Hall–Kier alpha value is -0.630. The molecule has 8 atom stereocenters. The van der Waals surface area contributed by atoms with Gasteiger partial charge in [0, 0.05) is 6.42 Å². The number of allylic oxidation sites excluding steroid dienone is 1. The van der Waals surface area contributed by atoms with Crippen LogP contribution in [-0.4, -0.2) is 17.5 Å². The van der Waals surface area contributed by atoms with Crippen molar-refractivity contribution in [3.8, 4) is 0 Å². The van der Waals surface area contributed by atoms with Gasteiger partial charge in [-0.2, -0.15) is 0 Å². The summed E-state index contributed by atoms with van der Waals surface area (Å²) in [7, 11) is 0. The molecule has 1 heterocycles. The average Bonchev–Trinajstić information content (AvgIpc) is 3.11. The normalized spacial score (nSPS) is 48.9. The van der Waals surface area contributed by atoms with Crippen LogP contribution in [0.3, 0.4) is 0 Å². The SMILES string of the molecule is C[C@H](CCC1OC1(C)C)[C@H]1CC[C@H]2[C@@H]3CCC4=CC(=O)CC[C@]4(C)[C@H]3CC[C@]12C. The standard InChI is InChI=1S/C27H42O2/c1-17(6-11-24-25(2,3)29-24)21-9-10-22-20-8-7-18-16-19(28)12-14-26(18,4)23(20)13-15-27(21,22)5/h16-17,20-24H,6-15H2,1-5H3/t17-,20+,21-,22+,23+,24?,26+,27-/m1/s1. The number of epoxide rings is 1. The van der Waals surface area contributed by atoms with Gasteiger partial charge in [0.15, 0.2) is 5.78 Å². The Morgan fingerprint density at radius 2 is 1.79 bits per heavy atom. The number of carbonyl (C=O) groups is 1. The van der Waals surface area contributed by atoms with E-state index in [0.717, 1.165) is 42.4 Å². The Kier molecular flexibility index (Phi) is 4.67. The lowest BCUT2D eigenvalue weighted by molar-refractivity contribution is -0.117. The molecule has 0 amide bonds. The molecule has 4 fully saturated rings. The molecule has 2 nitrogen and oxygen atoms in total. The second kappa shape index (κ2) is 6.68. The number of hydrogen-bond acceptors (Lipinski definition) is 2. The van der Waals surface area contributed by atoms with E-state index in [0.29, 0.717) is 22.7 Å². The third kappa shape index (κ3) is 3.10. The molecule has 1 aliphatic heterocycles. The number of rotatable bonds is 4. The molecule has 0 bridgehead atoms. The molecule has 1 unspecified atom stereocenters. The first-order chi connectivity index (χ1) is 13.6. The Bertz CT molecular complexity index is 720. The van der Waals surface area contributed by atoms with Crippen molar-refractivity contribution in [1.82, 2.24) is 0 Å². The first-order valence-electron chi connectivity index (χ1n) is 12.6. The number of fused-ring (bicyclic) bond motifs is 5. The molecule has 2 heteroatoms. The summed E-state index contributed by atoms with van der Waals surface area (Å²) in [5.41, 5.74) is 2.51. The van der Waals surface area contributed by atoms with Crippen molar-refractivity contribution in [1.29, 1.82) is 0 Å². The predicted molar refractivity (Wildman–Crippen MR) is 118 cm³/mol. The van der Waals surface area contributed by atoms with Gasteiger partial charge in [-0.15, -0.1) is 0 Å². The molecule has 29 heavy (non-hydrogen) atoms. The van der Waals surface area contributed by atoms with Gasteiger partial charge in [0.1, 0.15) is 0 Å². The summed E-state index contributed by atoms with van der Waals surface area (Å²) in [4.78, 5) is 12.0. The lowest BCUT2D eigenvalue weighted by Crippen LogP contribution is -2.51. The van der Waals surface area contributed by atoms with Crippen molar-refractivity contribution in [2.45, 2.75) is 111 Å². The van der Waals surface area contributed by atoms with E-state index in [1.54, 1.807) is 0 Å². The van der Waals surface area contributed by atoms with Crippen LogP contribution < -0.4 is 0 Å². The highest BCUT2D eigenvalue weighted by Gasteiger charge is 2.59. The molecule has 0 aromatic carbocycles. The van der Waals surface area contributed by atoms with Gasteiger partial charge in [0.25, 0.3) is 0 Å². The zero-order chi connectivity index (χ0) is 20.6. The second-order valence-electron chi connectivity index (χ2n) is 12.5. The molecular formula is C27H42O2. The lowest BCUT2D eigenvalue weighted by atomic mass is 9.46. The van der Waals surface area contributed by atoms with E-state index in [2.05, 4.69) is 40.7 Å². The topological polar surface area (TPSA) is 29.6 Å². The molecule has 0 radical (unpaired) electrons. The van der Waals surface area contributed by atoms with E-state index in [1.165, 1.54) is 56.9 Å². The molecule has 0 N–H and O–H groups in total. The van der Waals surface area contributed by atoms with Gasteiger partial charge >= 0.3 is 0 Å². The van der Waals surface area contributed by atoms with Crippen molar-refractivity contribution in [2.24, 2.45) is 40.4 Å². The predicted octanol–water partition coefficient (Wildman–Crippen LogP) is 6.73. The number of ketones is 1. The lowest BCUT2D eigenvalue weighted by Gasteiger charge is -2.58. The van der Waals surface area contributed by atoms with Crippen LogP contribution in [0.2, 0.25) is 0 Å². The maximum absolute atomic E-state index is 12.0. The molecule has 5 aliphatic rings. The largest absolute Gasteiger partial charge is 0.367 e. The molecule has 162 valence electrons. The van der Waals surface area contributed by atoms with Gasteiger partial charge in [-0.05, 0) is 118 Å². The molecule has 4 aliphatic carbocycles. The smallest absolute Gasteiger partial charge is 0.155 e. The summed E-state index contributed by atoms with van der Waals surface area (Å²) in [5.74, 6) is 4.74. The molecule has 0 aromatic heterocycles. The van der Waals surface area contributed by atoms with Crippen molar-refractivity contribution >= 4 is 5.78 Å². The van der Waals surface area contributed by atoms with E-state index >= 15 is 0 Å². The Labute approximate surface area is 178 Å². The van der Waals surface area contributed by atoms with Crippen LogP contribution in [0.15, 0.2) is 11.6 Å². The van der Waals surface area contributed by atoms with Crippen LogP contribution in [0.5, 0.6) is 0 Å². The highest BCUT2D eigenvalue weighted by molar-refractivity contribution is 5.91. The number of carbonyl (C=O) groups excluding carboxylic acids is 1. The minimum Gasteiger partial charge on any atom is -0.367 e. The van der Waals surface area contributed by atoms with Gasteiger partial charge in [-0.3, -0.25) is 4.79 Å². The van der Waals surface area contributed by atoms with E-state index in [1.807, 2.05) is 0 Å². The van der Waals surface area contributed by atoms with Gasteiger partial charge in [-0.1, -0.05) is 26.3 Å². The fraction of sp³-hybridized carbons (Fsp3) is 0.889. The third-order valence-corrected chi connectivity index (χ3v) is 10.8. The molecule has 3 saturated carbocycles. The van der Waals surface area contributed by atoms with Gasteiger partial charge in [-0.25, -0.2) is 0 Å². The first-order valence-corrected chi connectivity index (χ1v) is 12.6. The zero-order valence-corrected chi connectivity index (χ0v) is 19.4. The summed E-state index contributed by atoms with van der Waals surface area (Å²) in [6, 6.07) is 0. The summed E-state index contributed by atoms with van der Waals surface area (Å²) in [6.07, 6.45) is 15.2. The fourth-order valence-corrected chi connectivity index (χ4v) is 8.89. The summed E-state index contributed by atoms with van der Waals surface area (Å²) >= 11 is 0. The average molecular weight is 399 g/mol. The number of hydrogen-bond donors (Lipinski definition) is 0. The Balaban J connectivity index is 1.31. The van der Waals surface area contributed by atoms with Crippen LogP contribution in [0.4, 0.5) is 0 Å². The van der Waals surface area contributed by atoms with E-state index in [-0.39, 0.29) is 5.60 Å². The summed E-state index contributed by atoms with van der Waals surface area (Å²) in [6.45, 7) is 12.2. The van der Waals surface area contributed by atoms with Crippen LogP contribution in [0, 0.1) is 40.4 Å². The molecule has 0 spiro atoms. The summed E-state index contributed by atoms with van der Waals surface area (Å²) < 4.78 is 5.86. The van der Waals surface area contributed by atoms with Gasteiger partial charge in [0.2, 0.25) is 0 Å². The molecular weight excluding hydrogens is 356 g/mol. The van der Waals surface area contributed by atoms with Crippen LogP contribution in [-0.2, 0) is 9.53 Å². The fourth-order valence-electron chi connectivity index (χ4n) is 8.89. The minimum atomic E-state index is 0.143. The van der Waals surface area contributed by atoms with Gasteiger partial charge in [0.05, 0.1) is 11.7 Å². The van der Waals surface area contributed by atoms with E-state index in [9.17, 15) is 4.79 Å². The van der Waals surface area contributed by atoms with Crippen LogP contribution >= 0.6 is 0 Å².